The molecule has 2 bridgehead atoms. The summed E-state index contributed by atoms with van der Waals surface area (Å²) in [7, 11) is 0. The Bertz CT molecular complexity index is 1400. The molecule has 0 radical (unpaired) electrons. The molecule has 3 N–H and O–H groups in total. The molecule has 1 aromatic heterocycles. The maximum absolute atomic E-state index is 13.9. The zero-order valence-corrected chi connectivity index (χ0v) is 19.5. The second-order valence-corrected chi connectivity index (χ2v) is 11.5. The van der Waals surface area contributed by atoms with Crippen molar-refractivity contribution in [2.24, 2.45) is 5.92 Å². The molecule has 2 saturated carbocycles. The zero-order valence-electron chi connectivity index (χ0n) is 19.5. The number of phenols is 1. The average molecular weight is 477 g/mol. The highest BCUT2D eigenvalue weighted by Crippen LogP contribution is 2.67. The van der Waals surface area contributed by atoms with Gasteiger partial charge in [-0.3, -0.25) is 4.90 Å². The maximum Gasteiger partial charge on any atom is 0.199 e. The van der Waals surface area contributed by atoms with E-state index in [4.69, 9.17) is 4.74 Å². The van der Waals surface area contributed by atoms with Gasteiger partial charge in [-0.05, 0) is 80.8 Å². The van der Waals surface area contributed by atoms with Crippen LogP contribution in [-0.4, -0.2) is 55.6 Å². The molecule has 1 spiro atoms. The van der Waals surface area contributed by atoms with Crippen molar-refractivity contribution in [2.45, 2.75) is 67.7 Å². The molecule has 1 saturated heterocycles. The first-order chi connectivity index (χ1) is 16.9. The number of aromatic hydroxyl groups is 2. The quantitative estimate of drug-likeness (QED) is 0.533. The van der Waals surface area contributed by atoms with Crippen LogP contribution in [0.1, 0.15) is 49.3 Å². The van der Waals surface area contributed by atoms with Crippen molar-refractivity contribution in [1.82, 2.24) is 9.47 Å². The van der Waals surface area contributed by atoms with E-state index in [1.165, 1.54) is 25.0 Å². The standard InChI is InChI=1S/C28H29FN2O4/c29-18-5-3-17-14-31(26(33)19(17)12-18)20-7-8-28(34)22-11-16-4-6-21(32)24-23(16)27(28,25(20)35-24)9-10-30(22)13-15-1-2-15/h3-6,12,14-15,20,22,25,32-34H,1-2,7-11,13H2/t20-,22-,25+,27+,28-/m1/s1. The van der Waals surface area contributed by atoms with Gasteiger partial charge in [0.1, 0.15) is 11.9 Å². The number of phenolic OH excluding ortho intramolecular Hbond substituents is 1. The number of ether oxygens (including phenoxy) is 1. The molecule has 8 rings (SSSR count). The van der Waals surface area contributed by atoms with Gasteiger partial charge in [0, 0.05) is 35.1 Å². The number of hydrogen-bond acceptors (Lipinski definition) is 5. The smallest absolute Gasteiger partial charge is 0.199 e. The molecule has 3 aromatic rings. The van der Waals surface area contributed by atoms with Crippen molar-refractivity contribution in [2.75, 3.05) is 13.1 Å². The molecule has 0 unspecified atom stereocenters. The molecule has 3 fully saturated rings. The first-order valence-electron chi connectivity index (χ1n) is 12.9. The lowest BCUT2D eigenvalue weighted by Gasteiger charge is -2.64. The summed E-state index contributed by atoms with van der Waals surface area (Å²) in [5.41, 5.74) is 0.498. The summed E-state index contributed by atoms with van der Waals surface area (Å²) in [4.78, 5) is 2.51. The largest absolute Gasteiger partial charge is 0.504 e. The third-order valence-electron chi connectivity index (χ3n) is 9.87. The second kappa shape index (κ2) is 6.51. The zero-order chi connectivity index (χ0) is 23.7. The average Bonchev–Trinajstić information content (AvgIpc) is 3.50. The molecule has 3 heterocycles. The molecular weight excluding hydrogens is 447 g/mol. The third kappa shape index (κ3) is 2.41. The fraction of sp³-hybridized carbons (Fsp3) is 0.500. The molecule has 0 amide bonds. The van der Waals surface area contributed by atoms with E-state index in [2.05, 4.69) is 4.90 Å². The number of piperidine rings is 1. The highest BCUT2D eigenvalue weighted by molar-refractivity contribution is 5.88. The Morgan fingerprint density at radius 3 is 2.77 bits per heavy atom. The fourth-order valence-corrected chi connectivity index (χ4v) is 8.18. The summed E-state index contributed by atoms with van der Waals surface area (Å²) in [6.07, 6.45) is 6.68. The van der Waals surface area contributed by atoms with Crippen molar-refractivity contribution in [3.8, 4) is 17.4 Å². The predicted octanol–water partition coefficient (Wildman–Crippen LogP) is 4.00. The highest BCUT2D eigenvalue weighted by atomic mass is 19.1. The van der Waals surface area contributed by atoms with Gasteiger partial charge in [0.25, 0.3) is 0 Å². The Balaban J connectivity index is 1.31. The fourth-order valence-electron chi connectivity index (χ4n) is 8.18. The first kappa shape index (κ1) is 20.4. The van der Waals surface area contributed by atoms with E-state index in [1.807, 2.05) is 16.8 Å². The van der Waals surface area contributed by atoms with E-state index in [9.17, 15) is 19.7 Å². The highest BCUT2D eigenvalue weighted by Gasteiger charge is 2.73. The molecule has 5 atom stereocenters. The van der Waals surface area contributed by atoms with Crippen LogP contribution < -0.4 is 4.74 Å². The van der Waals surface area contributed by atoms with Crippen LogP contribution in [0.5, 0.6) is 17.4 Å². The van der Waals surface area contributed by atoms with Crippen molar-refractivity contribution in [3.63, 3.8) is 0 Å². The van der Waals surface area contributed by atoms with Crippen molar-refractivity contribution >= 4 is 10.8 Å². The van der Waals surface area contributed by atoms with Crippen molar-refractivity contribution in [1.29, 1.82) is 0 Å². The SMILES string of the molecule is Oc1ccc2c3c1O[C@H]1[C@H](n4cc5ccc(F)cc5c4O)CC[C@@]4(O)[C@@H](C2)N(CC2CC2)CC[C@]314. The molecular formula is C28H29FN2O4. The van der Waals surface area contributed by atoms with E-state index in [1.54, 1.807) is 12.1 Å². The van der Waals surface area contributed by atoms with Crippen LogP contribution in [0.25, 0.3) is 10.8 Å². The molecule has 182 valence electrons. The van der Waals surface area contributed by atoms with Crippen molar-refractivity contribution in [3.05, 3.63) is 53.5 Å². The van der Waals surface area contributed by atoms with Gasteiger partial charge < -0.3 is 24.6 Å². The van der Waals surface area contributed by atoms with E-state index < -0.39 is 17.1 Å². The lowest BCUT2D eigenvalue weighted by atomic mass is 9.48. The Kier molecular flexibility index (Phi) is 3.80. The summed E-state index contributed by atoms with van der Waals surface area (Å²) in [5, 5.41) is 35.8. The Morgan fingerprint density at radius 2 is 1.94 bits per heavy atom. The molecule has 2 aliphatic heterocycles. The summed E-state index contributed by atoms with van der Waals surface area (Å²) in [6.45, 7) is 1.92. The Morgan fingerprint density at radius 1 is 1.09 bits per heavy atom. The summed E-state index contributed by atoms with van der Waals surface area (Å²) >= 11 is 0. The summed E-state index contributed by atoms with van der Waals surface area (Å²) in [6, 6.07) is 7.92. The number of benzene rings is 2. The minimum absolute atomic E-state index is 0.0123. The normalized spacial score (nSPS) is 35.2. The lowest BCUT2D eigenvalue weighted by molar-refractivity contribution is -0.195. The van der Waals surface area contributed by atoms with Crippen LogP contribution in [0, 0.1) is 11.7 Å². The topological polar surface area (TPSA) is 78.1 Å². The molecule has 3 aliphatic carbocycles. The Labute approximate surface area is 202 Å². The molecule has 35 heavy (non-hydrogen) atoms. The number of rotatable bonds is 3. The minimum atomic E-state index is -0.971. The third-order valence-corrected chi connectivity index (χ3v) is 9.87. The van der Waals surface area contributed by atoms with Crippen molar-refractivity contribution < 1.29 is 24.4 Å². The van der Waals surface area contributed by atoms with Crippen LogP contribution in [0.4, 0.5) is 4.39 Å². The van der Waals surface area contributed by atoms with E-state index in [-0.39, 0.29) is 29.5 Å². The van der Waals surface area contributed by atoms with Crippen LogP contribution in [0.3, 0.4) is 0 Å². The predicted molar refractivity (Wildman–Crippen MR) is 127 cm³/mol. The number of aromatic nitrogens is 1. The Hall–Kier alpha value is -2.77. The van der Waals surface area contributed by atoms with E-state index >= 15 is 0 Å². The second-order valence-electron chi connectivity index (χ2n) is 11.5. The summed E-state index contributed by atoms with van der Waals surface area (Å²) in [5.74, 6) is 0.972. The molecule has 6 nitrogen and oxygen atoms in total. The van der Waals surface area contributed by atoms with Gasteiger partial charge in [-0.1, -0.05) is 6.07 Å². The number of aliphatic hydroxyl groups is 1. The first-order valence-corrected chi connectivity index (χ1v) is 12.9. The molecule has 7 heteroatoms. The van der Waals surface area contributed by atoms with E-state index in [0.29, 0.717) is 24.0 Å². The number of hydrogen-bond donors (Lipinski definition) is 3. The van der Waals surface area contributed by atoms with Gasteiger partial charge >= 0.3 is 0 Å². The van der Waals surface area contributed by atoms with Crippen LogP contribution in [0.2, 0.25) is 0 Å². The molecule has 5 aliphatic rings. The van der Waals surface area contributed by atoms with Gasteiger partial charge in [0.2, 0.25) is 0 Å². The van der Waals surface area contributed by atoms with Gasteiger partial charge in [-0.2, -0.15) is 0 Å². The monoisotopic (exact) mass is 476 g/mol. The van der Waals surface area contributed by atoms with Gasteiger partial charge in [-0.25, -0.2) is 4.39 Å². The van der Waals surface area contributed by atoms with Crippen LogP contribution in [-0.2, 0) is 11.8 Å². The minimum Gasteiger partial charge on any atom is -0.504 e. The lowest BCUT2D eigenvalue weighted by Crippen LogP contribution is -2.76. The number of likely N-dealkylation sites (tertiary alicyclic amines) is 1. The van der Waals surface area contributed by atoms with E-state index in [0.717, 1.165) is 48.4 Å². The number of nitrogens with zero attached hydrogens (tertiary/aromatic N) is 2. The molecule has 2 aromatic carbocycles. The van der Waals surface area contributed by atoms with Gasteiger partial charge in [0.05, 0.1) is 17.1 Å². The summed E-state index contributed by atoms with van der Waals surface area (Å²) < 4.78 is 22.4. The number of fused-ring (bicyclic) bond motifs is 1. The van der Waals surface area contributed by atoms with Gasteiger partial charge in [-0.15, -0.1) is 0 Å². The maximum atomic E-state index is 13.9. The van der Waals surface area contributed by atoms with Crippen LogP contribution in [0.15, 0.2) is 36.5 Å². The van der Waals surface area contributed by atoms with Gasteiger partial charge in [0.15, 0.2) is 17.4 Å². The van der Waals surface area contributed by atoms with Crippen LogP contribution >= 0.6 is 0 Å². The number of halogens is 1.